The monoisotopic (exact) mass is 390 g/mol. The summed E-state index contributed by atoms with van der Waals surface area (Å²) in [6.07, 6.45) is 1.59. The van der Waals surface area contributed by atoms with Gasteiger partial charge in [0.1, 0.15) is 5.76 Å². The van der Waals surface area contributed by atoms with Crippen LogP contribution in [0.2, 0.25) is 0 Å². The van der Waals surface area contributed by atoms with Gasteiger partial charge in [-0.2, -0.15) is 0 Å². The van der Waals surface area contributed by atoms with Crippen molar-refractivity contribution in [1.29, 1.82) is 0 Å². The smallest absolute Gasteiger partial charge is 0.301 e. The number of amides is 1. The number of hydrogen-bond donors (Lipinski definition) is 1. The number of aliphatic hydroxyl groups excluding tert-OH is 1. The third kappa shape index (κ3) is 3.01. The standard InChI is InChI=1S/C22H18N2O3S/c1-13-3-7-15(8-4-13)18-17(19(25)16-9-5-14(2)6-10-16)20(26)21(27)24(18)22-23-11-12-28-22/h3-12,18,25H,1-2H3/b19-17+. The van der Waals surface area contributed by atoms with Gasteiger partial charge in [0.2, 0.25) is 0 Å². The number of carbonyl (C=O) groups excluding carboxylic acids is 2. The second-order valence-electron chi connectivity index (χ2n) is 6.76. The van der Waals surface area contributed by atoms with Crippen LogP contribution in [0.15, 0.2) is 65.7 Å². The summed E-state index contributed by atoms with van der Waals surface area (Å²) in [6, 6.07) is 14.0. The van der Waals surface area contributed by atoms with Crippen LogP contribution >= 0.6 is 11.3 Å². The first kappa shape index (κ1) is 18.1. The lowest BCUT2D eigenvalue weighted by Gasteiger charge is -2.23. The molecule has 2 aromatic carbocycles. The number of aryl methyl sites for hydroxylation is 2. The quantitative estimate of drug-likeness (QED) is 0.409. The predicted octanol–water partition coefficient (Wildman–Crippen LogP) is 4.39. The molecule has 1 saturated heterocycles. The summed E-state index contributed by atoms with van der Waals surface area (Å²) in [5, 5.41) is 13.1. The minimum Gasteiger partial charge on any atom is -0.507 e. The summed E-state index contributed by atoms with van der Waals surface area (Å²) in [7, 11) is 0. The van der Waals surface area contributed by atoms with E-state index in [-0.39, 0.29) is 11.3 Å². The Bertz CT molecular complexity index is 1070. The van der Waals surface area contributed by atoms with Gasteiger partial charge in [-0.05, 0) is 19.4 Å². The average Bonchev–Trinajstić information content (AvgIpc) is 3.30. The van der Waals surface area contributed by atoms with Crippen LogP contribution in [0.5, 0.6) is 0 Å². The molecule has 4 rings (SSSR count). The van der Waals surface area contributed by atoms with E-state index in [1.807, 2.05) is 50.2 Å². The van der Waals surface area contributed by atoms with Crippen molar-refractivity contribution in [1.82, 2.24) is 4.98 Å². The van der Waals surface area contributed by atoms with Crippen LogP contribution in [-0.4, -0.2) is 21.8 Å². The second kappa shape index (κ2) is 7.05. The number of aromatic nitrogens is 1. The molecule has 2 heterocycles. The van der Waals surface area contributed by atoms with Gasteiger partial charge in [0.05, 0.1) is 11.6 Å². The number of hydrogen-bond acceptors (Lipinski definition) is 5. The molecule has 1 aromatic heterocycles. The Labute approximate surface area is 166 Å². The van der Waals surface area contributed by atoms with E-state index < -0.39 is 17.7 Å². The summed E-state index contributed by atoms with van der Waals surface area (Å²) in [5.74, 6) is -1.57. The van der Waals surface area contributed by atoms with Gasteiger partial charge >= 0.3 is 5.91 Å². The number of aliphatic hydroxyl groups is 1. The Kier molecular flexibility index (Phi) is 4.57. The average molecular weight is 390 g/mol. The molecule has 1 aliphatic rings. The van der Waals surface area contributed by atoms with E-state index >= 15 is 0 Å². The van der Waals surface area contributed by atoms with Crippen LogP contribution in [-0.2, 0) is 9.59 Å². The minimum atomic E-state index is -0.729. The molecular formula is C22H18N2O3S. The molecule has 1 aliphatic heterocycles. The third-order valence-corrected chi connectivity index (χ3v) is 5.56. The fraction of sp³-hybridized carbons (Fsp3) is 0.136. The van der Waals surface area contributed by atoms with Crippen molar-refractivity contribution < 1.29 is 14.7 Å². The van der Waals surface area contributed by atoms with Gasteiger partial charge in [-0.3, -0.25) is 14.5 Å². The molecule has 5 nitrogen and oxygen atoms in total. The molecule has 3 aromatic rings. The van der Waals surface area contributed by atoms with E-state index in [0.717, 1.165) is 16.7 Å². The number of anilines is 1. The maximum atomic E-state index is 12.9. The highest BCUT2D eigenvalue weighted by Gasteiger charge is 2.47. The van der Waals surface area contributed by atoms with Crippen LogP contribution < -0.4 is 4.90 Å². The Morgan fingerprint density at radius 2 is 1.61 bits per heavy atom. The number of ketones is 1. The van der Waals surface area contributed by atoms with Crippen LogP contribution in [0.25, 0.3) is 5.76 Å². The van der Waals surface area contributed by atoms with Gasteiger partial charge in [-0.1, -0.05) is 59.7 Å². The normalized spacial score (nSPS) is 18.6. The number of carbonyl (C=O) groups is 2. The third-order valence-electron chi connectivity index (χ3n) is 4.79. The van der Waals surface area contributed by atoms with Gasteiger partial charge in [0.25, 0.3) is 5.78 Å². The van der Waals surface area contributed by atoms with Gasteiger partial charge in [-0.15, -0.1) is 11.3 Å². The summed E-state index contributed by atoms with van der Waals surface area (Å²) in [6.45, 7) is 3.91. The molecule has 1 N–H and O–H groups in total. The van der Waals surface area contributed by atoms with Crippen LogP contribution in [0.3, 0.4) is 0 Å². The van der Waals surface area contributed by atoms with Gasteiger partial charge in [0.15, 0.2) is 5.13 Å². The van der Waals surface area contributed by atoms with Crippen molar-refractivity contribution in [3.05, 3.63) is 87.9 Å². The highest BCUT2D eigenvalue weighted by atomic mass is 32.1. The van der Waals surface area contributed by atoms with Crippen molar-refractivity contribution >= 4 is 33.9 Å². The van der Waals surface area contributed by atoms with Crippen molar-refractivity contribution in [2.24, 2.45) is 0 Å². The molecule has 1 atom stereocenters. The summed E-state index contributed by atoms with van der Waals surface area (Å²) in [4.78, 5) is 31.4. The lowest BCUT2D eigenvalue weighted by Crippen LogP contribution is -2.29. The Morgan fingerprint density at radius 1 is 1.00 bits per heavy atom. The largest absolute Gasteiger partial charge is 0.507 e. The first-order chi connectivity index (χ1) is 13.5. The molecule has 1 amide bonds. The van der Waals surface area contributed by atoms with Crippen molar-refractivity contribution in [3.63, 3.8) is 0 Å². The van der Waals surface area contributed by atoms with E-state index in [9.17, 15) is 14.7 Å². The van der Waals surface area contributed by atoms with Crippen molar-refractivity contribution in [3.8, 4) is 0 Å². The maximum Gasteiger partial charge on any atom is 0.301 e. The van der Waals surface area contributed by atoms with Crippen molar-refractivity contribution in [2.45, 2.75) is 19.9 Å². The highest BCUT2D eigenvalue weighted by Crippen LogP contribution is 2.42. The zero-order valence-electron chi connectivity index (χ0n) is 15.4. The Hall–Kier alpha value is -3.25. The molecule has 140 valence electrons. The minimum absolute atomic E-state index is 0.0768. The fourth-order valence-corrected chi connectivity index (χ4v) is 3.96. The van der Waals surface area contributed by atoms with E-state index in [1.165, 1.54) is 16.2 Å². The highest BCUT2D eigenvalue weighted by molar-refractivity contribution is 7.14. The van der Waals surface area contributed by atoms with Gasteiger partial charge < -0.3 is 5.11 Å². The molecular weight excluding hydrogens is 372 g/mol. The van der Waals surface area contributed by atoms with Crippen LogP contribution in [0.4, 0.5) is 5.13 Å². The molecule has 1 fully saturated rings. The SMILES string of the molecule is Cc1ccc(/C(O)=C2\C(=O)C(=O)N(c3nccs3)C2c2ccc(C)cc2)cc1. The van der Waals surface area contributed by atoms with Crippen molar-refractivity contribution in [2.75, 3.05) is 4.90 Å². The number of rotatable bonds is 3. The van der Waals surface area contributed by atoms with E-state index in [0.29, 0.717) is 10.7 Å². The van der Waals surface area contributed by atoms with E-state index in [2.05, 4.69) is 4.98 Å². The Morgan fingerprint density at radius 3 is 2.18 bits per heavy atom. The number of thiazole rings is 1. The number of nitrogens with zero attached hydrogens (tertiary/aromatic N) is 2. The first-order valence-corrected chi connectivity index (χ1v) is 9.69. The molecule has 0 spiro atoms. The van der Waals surface area contributed by atoms with Gasteiger partial charge in [-0.25, -0.2) is 4.98 Å². The molecule has 28 heavy (non-hydrogen) atoms. The lowest BCUT2D eigenvalue weighted by atomic mass is 9.94. The van der Waals surface area contributed by atoms with Crippen LogP contribution in [0, 0.1) is 13.8 Å². The maximum absolute atomic E-state index is 12.9. The first-order valence-electron chi connectivity index (χ1n) is 8.81. The summed E-state index contributed by atoms with van der Waals surface area (Å²) < 4.78 is 0. The molecule has 0 radical (unpaired) electrons. The molecule has 6 heteroatoms. The van der Waals surface area contributed by atoms with Crippen LogP contribution in [0.1, 0.15) is 28.3 Å². The predicted molar refractivity (Wildman–Crippen MR) is 109 cm³/mol. The Balaban J connectivity index is 1.93. The molecule has 0 aliphatic carbocycles. The van der Waals surface area contributed by atoms with Gasteiger partial charge in [0, 0.05) is 17.1 Å². The molecule has 0 bridgehead atoms. The number of Topliss-reactive ketones (excluding diaryl/α,β-unsaturated/α-hetero) is 1. The topological polar surface area (TPSA) is 70.5 Å². The summed E-state index contributed by atoms with van der Waals surface area (Å²) in [5.41, 5.74) is 3.42. The zero-order chi connectivity index (χ0) is 19.8. The van der Waals surface area contributed by atoms with E-state index in [1.54, 1.807) is 23.7 Å². The summed E-state index contributed by atoms with van der Waals surface area (Å²) >= 11 is 1.28. The molecule has 0 saturated carbocycles. The lowest BCUT2D eigenvalue weighted by molar-refractivity contribution is -0.132. The second-order valence-corrected chi connectivity index (χ2v) is 7.63. The number of benzene rings is 2. The zero-order valence-corrected chi connectivity index (χ0v) is 16.2. The molecule has 1 unspecified atom stereocenters. The van der Waals surface area contributed by atoms with E-state index in [4.69, 9.17) is 0 Å². The fourth-order valence-electron chi connectivity index (χ4n) is 3.30.